The van der Waals surface area contributed by atoms with Gasteiger partial charge in [0.25, 0.3) is 0 Å². The number of carbonyl (C=O) groups is 2. The van der Waals surface area contributed by atoms with Crippen molar-refractivity contribution < 1.29 is 9.59 Å². The molecular formula is C15H21BrClN3O2. The molecule has 0 saturated carbocycles. The minimum atomic E-state index is -0.601. The maximum absolute atomic E-state index is 12.5. The Kier molecular flexibility index (Phi) is 6.84. The average molecular weight is 391 g/mol. The van der Waals surface area contributed by atoms with Gasteiger partial charge in [0.15, 0.2) is 0 Å². The maximum Gasteiger partial charge on any atom is 0.239 e. The van der Waals surface area contributed by atoms with Gasteiger partial charge in [-0.25, -0.2) is 0 Å². The smallest absolute Gasteiger partial charge is 0.239 e. The number of nitrogens with zero attached hydrogens (tertiary/aromatic N) is 2. The Morgan fingerprint density at radius 1 is 1.50 bits per heavy atom. The van der Waals surface area contributed by atoms with Crippen molar-refractivity contribution in [3.8, 4) is 0 Å². The minimum Gasteiger partial charge on any atom is -0.341 e. The van der Waals surface area contributed by atoms with Gasteiger partial charge in [-0.1, -0.05) is 12.1 Å². The second kappa shape index (κ2) is 7.94. The van der Waals surface area contributed by atoms with Crippen LogP contribution < -0.4 is 10.6 Å². The molecule has 2 unspecified atom stereocenters. The number of rotatable bonds is 4. The van der Waals surface area contributed by atoms with Crippen molar-refractivity contribution in [2.75, 3.05) is 25.0 Å². The summed E-state index contributed by atoms with van der Waals surface area (Å²) in [6, 6.07) is 7.47. The Hall–Kier alpha value is -1.11. The summed E-state index contributed by atoms with van der Waals surface area (Å²) >= 11 is 3.45. The monoisotopic (exact) mass is 389 g/mol. The molecule has 2 atom stereocenters. The summed E-state index contributed by atoms with van der Waals surface area (Å²) < 4.78 is 0.857. The molecule has 0 spiro atoms. The van der Waals surface area contributed by atoms with E-state index >= 15 is 0 Å². The molecule has 1 saturated heterocycles. The average Bonchev–Trinajstić information content (AvgIpc) is 2.87. The minimum absolute atomic E-state index is 0. The van der Waals surface area contributed by atoms with Gasteiger partial charge < -0.3 is 15.5 Å². The number of anilines is 1. The first-order valence-corrected chi connectivity index (χ1v) is 7.79. The summed E-state index contributed by atoms with van der Waals surface area (Å²) in [5.74, 6) is -0.883. The Morgan fingerprint density at radius 2 is 2.14 bits per heavy atom. The van der Waals surface area contributed by atoms with Crippen LogP contribution in [-0.4, -0.2) is 42.9 Å². The van der Waals surface area contributed by atoms with Crippen molar-refractivity contribution >= 4 is 45.8 Å². The van der Waals surface area contributed by atoms with Crippen molar-refractivity contribution in [3.63, 3.8) is 0 Å². The Balaban J connectivity index is 0.00000242. The first kappa shape index (κ1) is 18.9. The Bertz CT molecular complexity index is 555. The molecule has 1 fully saturated rings. The van der Waals surface area contributed by atoms with Crippen molar-refractivity contribution in [3.05, 3.63) is 28.7 Å². The van der Waals surface area contributed by atoms with Gasteiger partial charge in [0, 0.05) is 30.7 Å². The van der Waals surface area contributed by atoms with E-state index in [1.54, 1.807) is 16.8 Å². The number of hydrogen-bond acceptors (Lipinski definition) is 3. The van der Waals surface area contributed by atoms with Gasteiger partial charge >= 0.3 is 0 Å². The number of halogens is 2. The topological polar surface area (TPSA) is 66.6 Å². The fourth-order valence-corrected chi connectivity index (χ4v) is 2.94. The number of para-hydroxylation sites is 1. The largest absolute Gasteiger partial charge is 0.341 e. The predicted molar refractivity (Wildman–Crippen MR) is 93.1 cm³/mol. The van der Waals surface area contributed by atoms with Crippen molar-refractivity contribution in [2.24, 2.45) is 11.7 Å². The molecule has 2 N–H and O–H groups in total. The van der Waals surface area contributed by atoms with Crippen LogP contribution in [0.2, 0.25) is 0 Å². The van der Waals surface area contributed by atoms with Crippen molar-refractivity contribution in [1.29, 1.82) is 0 Å². The lowest BCUT2D eigenvalue weighted by Crippen LogP contribution is -2.45. The van der Waals surface area contributed by atoms with Gasteiger partial charge in [0.05, 0.1) is 5.69 Å². The molecule has 22 heavy (non-hydrogen) atoms. The number of amides is 2. The van der Waals surface area contributed by atoms with E-state index < -0.39 is 5.92 Å². The van der Waals surface area contributed by atoms with Gasteiger partial charge in [0.2, 0.25) is 11.8 Å². The Morgan fingerprint density at radius 3 is 2.73 bits per heavy atom. The van der Waals surface area contributed by atoms with Crippen LogP contribution in [0.1, 0.15) is 13.3 Å². The highest BCUT2D eigenvalue weighted by Gasteiger charge is 2.40. The van der Waals surface area contributed by atoms with Crippen LogP contribution in [0.3, 0.4) is 0 Å². The summed E-state index contributed by atoms with van der Waals surface area (Å²) in [7, 11) is 1.70. The maximum atomic E-state index is 12.5. The molecule has 1 aliphatic heterocycles. The van der Waals surface area contributed by atoms with E-state index in [1.807, 2.05) is 31.2 Å². The van der Waals surface area contributed by atoms with Crippen LogP contribution in [0, 0.1) is 5.92 Å². The number of hydrogen-bond donors (Lipinski definition) is 1. The zero-order valence-electron chi connectivity index (χ0n) is 12.7. The van der Waals surface area contributed by atoms with Gasteiger partial charge in [-0.05, 0) is 41.4 Å². The van der Waals surface area contributed by atoms with E-state index in [2.05, 4.69) is 15.9 Å². The number of benzene rings is 1. The summed E-state index contributed by atoms with van der Waals surface area (Å²) in [5.41, 5.74) is 6.40. The molecule has 0 aliphatic carbocycles. The summed E-state index contributed by atoms with van der Waals surface area (Å²) in [6.07, 6.45) is 0.542. The molecule has 0 radical (unpaired) electrons. The van der Waals surface area contributed by atoms with E-state index in [0.717, 1.165) is 10.2 Å². The SMILES string of the molecule is CC(CN)N(C)C(=O)C1CCN(c2ccccc2Br)C1=O.Cl. The fraction of sp³-hybridized carbons (Fsp3) is 0.467. The van der Waals surface area contributed by atoms with Gasteiger partial charge in [0.1, 0.15) is 5.92 Å². The van der Waals surface area contributed by atoms with E-state index in [1.165, 1.54) is 0 Å². The third-order valence-corrected chi connectivity index (χ3v) is 4.67. The van der Waals surface area contributed by atoms with Crippen LogP contribution in [0.25, 0.3) is 0 Å². The molecular weight excluding hydrogens is 370 g/mol. The number of carbonyl (C=O) groups excluding carboxylic acids is 2. The Labute approximate surface area is 145 Å². The molecule has 122 valence electrons. The highest BCUT2D eigenvalue weighted by atomic mass is 79.9. The van der Waals surface area contributed by atoms with Gasteiger partial charge in [-0.3, -0.25) is 9.59 Å². The molecule has 2 rings (SSSR count). The predicted octanol–water partition coefficient (Wildman–Crippen LogP) is 2.03. The van der Waals surface area contributed by atoms with Gasteiger partial charge in [-0.15, -0.1) is 12.4 Å². The number of nitrogens with two attached hydrogens (primary N) is 1. The summed E-state index contributed by atoms with van der Waals surface area (Å²) in [6.45, 7) is 2.82. The highest BCUT2D eigenvalue weighted by Crippen LogP contribution is 2.32. The molecule has 7 heteroatoms. The molecule has 5 nitrogen and oxygen atoms in total. The highest BCUT2D eigenvalue weighted by molar-refractivity contribution is 9.10. The third-order valence-electron chi connectivity index (χ3n) is 4.00. The molecule has 2 amide bonds. The first-order valence-electron chi connectivity index (χ1n) is 7.00. The molecule has 1 aliphatic rings. The normalized spacial score (nSPS) is 18.8. The van der Waals surface area contributed by atoms with Crippen molar-refractivity contribution in [1.82, 2.24) is 4.90 Å². The number of likely N-dealkylation sites (N-methyl/N-ethyl adjacent to an activating group) is 1. The van der Waals surface area contributed by atoms with Crippen LogP contribution in [0.4, 0.5) is 5.69 Å². The fourth-order valence-electron chi connectivity index (χ4n) is 2.44. The van der Waals surface area contributed by atoms with Crippen LogP contribution in [0.15, 0.2) is 28.7 Å². The van der Waals surface area contributed by atoms with Crippen LogP contribution >= 0.6 is 28.3 Å². The molecule has 0 aromatic heterocycles. The van der Waals surface area contributed by atoms with Crippen LogP contribution in [0.5, 0.6) is 0 Å². The lowest BCUT2D eigenvalue weighted by molar-refractivity contribution is -0.140. The molecule has 1 heterocycles. The standard InChI is InChI=1S/C15H20BrN3O2.ClH/c1-10(9-17)18(2)14(20)11-7-8-19(15(11)21)13-6-4-3-5-12(13)16;/h3-6,10-11H,7-9,17H2,1-2H3;1H. The lowest BCUT2D eigenvalue weighted by Gasteiger charge is -2.26. The van der Waals surface area contributed by atoms with Crippen LogP contribution in [-0.2, 0) is 9.59 Å². The van der Waals surface area contributed by atoms with E-state index in [0.29, 0.717) is 19.5 Å². The lowest BCUT2D eigenvalue weighted by atomic mass is 10.1. The molecule has 1 aromatic carbocycles. The summed E-state index contributed by atoms with van der Waals surface area (Å²) in [4.78, 5) is 28.2. The summed E-state index contributed by atoms with van der Waals surface area (Å²) in [5, 5.41) is 0. The second-order valence-electron chi connectivity index (χ2n) is 5.32. The quantitative estimate of drug-likeness (QED) is 0.800. The zero-order valence-corrected chi connectivity index (χ0v) is 15.1. The first-order chi connectivity index (χ1) is 9.97. The second-order valence-corrected chi connectivity index (χ2v) is 6.17. The van der Waals surface area contributed by atoms with E-state index in [9.17, 15) is 9.59 Å². The zero-order chi connectivity index (χ0) is 15.6. The molecule has 1 aromatic rings. The van der Waals surface area contributed by atoms with Crippen molar-refractivity contribution in [2.45, 2.75) is 19.4 Å². The third kappa shape index (κ3) is 3.62. The van der Waals surface area contributed by atoms with E-state index in [-0.39, 0.29) is 30.3 Å². The van der Waals surface area contributed by atoms with E-state index in [4.69, 9.17) is 5.73 Å². The molecule has 0 bridgehead atoms. The van der Waals surface area contributed by atoms with Gasteiger partial charge in [-0.2, -0.15) is 0 Å².